The first kappa shape index (κ1) is 16.1. The molecule has 0 radical (unpaired) electrons. The Balaban J connectivity index is 2.28. The number of likely N-dealkylation sites (tertiary alicyclic amines) is 1. The molecular formula is C14H14ClF4NO. The summed E-state index contributed by atoms with van der Waals surface area (Å²) in [6, 6.07) is 2.74. The molecule has 1 fully saturated rings. The largest absolute Gasteiger partial charge is 0.419 e. The Bertz CT molecular complexity index is 546. The predicted molar refractivity (Wildman–Crippen MR) is 70.7 cm³/mol. The van der Waals surface area contributed by atoms with Gasteiger partial charge >= 0.3 is 6.18 Å². The van der Waals surface area contributed by atoms with Crippen molar-refractivity contribution in [3.05, 3.63) is 35.1 Å². The lowest BCUT2D eigenvalue weighted by Gasteiger charge is -2.34. The molecule has 7 heteroatoms. The van der Waals surface area contributed by atoms with E-state index in [1.165, 1.54) is 4.90 Å². The second kappa shape index (κ2) is 5.83. The minimum Gasteiger partial charge on any atom is -0.338 e. The molecule has 1 aliphatic rings. The van der Waals surface area contributed by atoms with Gasteiger partial charge in [0.2, 0.25) is 0 Å². The molecule has 2 atom stereocenters. The maximum absolute atomic E-state index is 14.0. The van der Waals surface area contributed by atoms with Gasteiger partial charge in [0.25, 0.3) is 5.91 Å². The van der Waals surface area contributed by atoms with Gasteiger partial charge in [0.05, 0.1) is 11.1 Å². The summed E-state index contributed by atoms with van der Waals surface area (Å²) < 4.78 is 52.0. The van der Waals surface area contributed by atoms with E-state index < -0.39 is 29.0 Å². The first-order valence-electron chi connectivity index (χ1n) is 6.51. The summed E-state index contributed by atoms with van der Waals surface area (Å²) in [7, 11) is 0. The van der Waals surface area contributed by atoms with Crippen LogP contribution in [0.3, 0.4) is 0 Å². The van der Waals surface area contributed by atoms with Crippen LogP contribution in [0.25, 0.3) is 0 Å². The minimum absolute atomic E-state index is 0.0122. The molecule has 21 heavy (non-hydrogen) atoms. The molecule has 1 amide bonds. The number of benzene rings is 1. The average Bonchev–Trinajstić information content (AvgIpc) is 2.40. The van der Waals surface area contributed by atoms with E-state index in [2.05, 4.69) is 0 Å². The zero-order valence-corrected chi connectivity index (χ0v) is 12.0. The van der Waals surface area contributed by atoms with Gasteiger partial charge in [-0.25, -0.2) is 4.39 Å². The zero-order valence-electron chi connectivity index (χ0n) is 11.3. The molecule has 0 aliphatic carbocycles. The van der Waals surface area contributed by atoms with Crippen LogP contribution in [0, 0.1) is 11.7 Å². The van der Waals surface area contributed by atoms with Crippen molar-refractivity contribution in [1.29, 1.82) is 0 Å². The number of halogens is 5. The van der Waals surface area contributed by atoms with E-state index in [0.717, 1.165) is 12.1 Å². The van der Waals surface area contributed by atoms with Crippen LogP contribution in [0.4, 0.5) is 17.6 Å². The number of carbonyl (C=O) groups excluding carboxylic acids is 1. The molecule has 2 unspecified atom stereocenters. The molecule has 2 nitrogen and oxygen atoms in total. The molecular weight excluding hydrogens is 310 g/mol. The number of amides is 1. The molecule has 0 N–H and O–H groups in total. The van der Waals surface area contributed by atoms with Crippen molar-refractivity contribution in [2.45, 2.75) is 24.9 Å². The van der Waals surface area contributed by atoms with Gasteiger partial charge in [-0.3, -0.25) is 4.79 Å². The fraction of sp³-hybridized carbons (Fsp3) is 0.500. The van der Waals surface area contributed by atoms with Crippen molar-refractivity contribution in [1.82, 2.24) is 4.90 Å². The van der Waals surface area contributed by atoms with E-state index in [4.69, 9.17) is 11.6 Å². The second-order valence-electron chi connectivity index (χ2n) is 5.20. The summed E-state index contributed by atoms with van der Waals surface area (Å²) in [4.78, 5) is 13.6. The highest BCUT2D eigenvalue weighted by Crippen LogP contribution is 2.33. The Morgan fingerprint density at radius 2 is 2.05 bits per heavy atom. The van der Waals surface area contributed by atoms with Gasteiger partial charge in [0, 0.05) is 18.5 Å². The SMILES string of the molecule is CC1CN(C(=O)c2cccc(C(F)(F)F)c2F)CCC1Cl. The predicted octanol–water partition coefficient (Wildman–Crippen LogP) is 3.93. The van der Waals surface area contributed by atoms with Gasteiger partial charge in [-0.1, -0.05) is 13.0 Å². The topological polar surface area (TPSA) is 20.3 Å². The summed E-state index contributed by atoms with van der Waals surface area (Å²) in [5.74, 6) is -2.23. The normalized spacial score (nSPS) is 23.2. The van der Waals surface area contributed by atoms with Gasteiger partial charge in [-0.15, -0.1) is 11.6 Å². The van der Waals surface area contributed by atoms with Gasteiger partial charge in [-0.05, 0) is 24.5 Å². The van der Waals surface area contributed by atoms with Crippen LogP contribution < -0.4 is 0 Å². The van der Waals surface area contributed by atoms with Gasteiger partial charge in [0.1, 0.15) is 5.82 Å². The molecule has 1 aliphatic heterocycles. The van der Waals surface area contributed by atoms with Crippen molar-refractivity contribution < 1.29 is 22.4 Å². The Morgan fingerprint density at radius 3 is 2.62 bits per heavy atom. The molecule has 1 saturated heterocycles. The smallest absolute Gasteiger partial charge is 0.338 e. The molecule has 116 valence electrons. The number of alkyl halides is 4. The molecule has 1 aromatic rings. The standard InChI is InChI=1S/C14H14ClF4NO/c1-8-7-20(6-5-11(8)15)13(21)9-3-2-4-10(12(9)16)14(17,18)19/h2-4,8,11H,5-7H2,1H3. The molecule has 0 aromatic heterocycles. The highest BCUT2D eigenvalue weighted by atomic mass is 35.5. The molecule has 1 heterocycles. The van der Waals surface area contributed by atoms with E-state index in [0.29, 0.717) is 25.6 Å². The van der Waals surface area contributed by atoms with Crippen LogP contribution in [0.1, 0.15) is 29.3 Å². The molecule has 0 bridgehead atoms. The van der Waals surface area contributed by atoms with Gasteiger partial charge < -0.3 is 4.90 Å². The third-order valence-electron chi connectivity index (χ3n) is 3.62. The van der Waals surface area contributed by atoms with E-state index in [1.54, 1.807) is 0 Å². The van der Waals surface area contributed by atoms with E-state index in [1.807, 2.05) is 6.92 Å². The van der Waals surface area contributed by atoms with Crippen molar-refractivity contribution in [2.24, 2.45) is 5.92 Å². The van der Waals surface area contributed by atoms with Crippen molar-refractivity contribution in [2.75, 3.05) is 13.1 Å². The lowest BCUT2D eigenvalue weighted by atomic mass is 9.98. The lowest BCUT2D eigenvalue weighted by molar-refractivity contribution is -0.140. The highest BCUT2D eigenvalue weighted by molar-refractivity contribution is 6.20. The minimum atomic E-state index is -4.82. The fourth-order valence-electron chi connectivity index (χ4n) is 2.39. The van der Waals surface area contributed by atoms with Crippen LogP contribution in [0.2, 0.25) is 0 Å². The van der Waals surface area contributed by atoms with E-state index in [-0.39, 0.29) is 11.3 Å². The maximum Gasteiger partial charge on any atom is 0.419 e. The number of hydrogen-bond acceptors (Lipinski definition) is 1. The van der Waals surface area contributed by atoms with E-state index >= 15 is 0 Å². The van der Waals surface area contributed by atoms with Crippen molar-refractivity contribution in [3.8, 4) is 0 Å². The monoisotopic (exact) mass is 323 g/mol. The maximum atomic E-state index is 14.0. The first-order valence-corrected chi connectivity index (χ1v) is 6.94. The van der Waals surface area contributed by atoms with Crippen LogP contribution in [-0.4, -0.2) is 29.3 Å². The molecule has 0 saturated carbocycles. The number of nitrogens with zero attached hydrogens (tertiary/aromatic N) is 1. The zero-order chi connectivity index (χ0) is 15.8. The van der Waals surface area contributed by atoms with Crippen molar-refractivity contribution >= 4 is 17.5 Å². The fourth-order valence-corrected chi connectivity index (χ4v) is 2.57. The van der Waals surface area contributed by atoms with E-state index in [9.17, 15) is 22.4 Å². The van der Waals surface area contributed by atoms with Crippen LogP contribution >= 0.6 is 11.6 Å². The summed E-state index contributed by atoms with van der Waals surface area (Å²) in [5, 5.41) is -0.0830. The quantitative estimate of drug-likeness (QED) is 0.566. The third-order valence-corrected chi connectivity index (χ3v) is 4.27. The molecule has 0 spiro atoms. The summed E-state index contributed by atoms with van der Waals surface area (Å²) in [5.41, 5.74) is -1.97. The third kappa shape index (κ3) is 3.31. The first-order chi connectivity index (χ1) is 9.71. The van der Waals surface area contributed by atoms with Crippen LogP contribution in [-0.2, 0) is 6.18 Å². The molecule has 2 rings (SSSR count). The van der Waals surface area contributed by atoms with Crippen LogP contribution in [0.15, 0.2) is 18.2 Å². The Morgan fingerprint density at radius 1 is 1.38 bits per heavy atom. The highest BCUT2D eigenvalue weighted by Gasteiger charge is 2.37. The summed E-state index contributed by atoms with van der Waals surface area (Å²) >= 11 is 6.04. The Hall–Kier alpha value is -1.30. The van der Waals surface area contributed by atoms with Crippen molar-refractivity contribution in [3.63, 3.8) is 0 Å². The molecule has 1 aromatic carbocycles. The number of carbonyl (C=O) groups is 1. The summed E-state index contributed by atoms with van der Waals surface area (Å²) in [6.07, 6.45) is -4.29. The summed E-state index contributed by atoms with van der Waals surface area (Å²) in [6.45, 7) is 2.47. The number of rotatable bonds is 1. The van der Waals surface area contributed by atoms with Crippen LogP contribution in [0.5, 0.6) is 0 Å². The Kier molecular flexibility index (Phi) is 4.46. The number of piperidine rings is 1. The van der Waals surface area contributed by atoms with Gasteiger partial charge in [-0.2, -0.15) is 13.2 Å². The van der Waals surface area contributed by atoms with Gasteiger partial charge in [0.15, 0.2) is 0 Å². The lowest BCUT2D eigenvalue weighted by Crippen LogP contribution is -2.43. The average molecular weight is 324 g/mol. The Labute approximate surface area is 124 Å². The second-order valence-corrected chi connectivity index (χ2v) is 5.76. The number of hydrogen-bond donors (Lipinski definition) is 0.